The minimum absolute atomic E-state index is 0.480. The quantitative estimate of drug-likeness (QED) is 0.363. The second-order valence-electron chi connectivity index (χ2n) is 8.11. The van der Waals surface area contributed by atoms with Gasteiger partial charge in [-0.15, -0.1) is 0 Å². The van der Waals surface area contributed by atoms with Crippen LogP contribution < -0.4 is 15.2 Å². The summed E-state index contributed by atoms with van der Waals surface area (Å²) in [4.78, 5) is 20.7. The van der Waals surface area contributed by atoms with E-state index in [4.69, 9.17) is 16.6 Å². The molecule has 7 nitrogen and oxygen atoms in total. The fourth-order valence-electron chi connectivity index (χ4n) is 3.99. The highest BCUT2D eigenvalue weighted by molar-refractivity contribution is 7.99. The lowest BCUT2D eigenvalue weighted by Crippen LogP contribution is -2.25. The first-order chi connectivity index (χ1) is 16.2. The summed E-state index contributed by atoms with van der Waals surface area (Å²) in [6.07, 6.45) is 6.51. The molecule has 3 heterocycles. The smallest absolute Gasteiger partial charge is 0.250 e. The van der Waals surface area contributed by atoms with Crippen LogP contribution in [0.3, 0.4) is 0 Å². The van der Waals surface area contributed by atoms with Gasteiger partial charge in [0, 0.05) is 46.6 Å². The van der Waals surface area contributed by atoms with Crippen molar-refractivity contribution in [2.75, 3.05) is 41.4 Å². The average Bonchev–Trinajstić information content (AvgIpc) is 3.56. The molecule has 2 aromatic carbocycles. The molecule has 2 aliphatic heterocycles. The highest BCUT2D eigenvalue weighted by Crippen LogP contribution is 2.30. The zero-order valence-corrected chi connectivity index (χ0v) is 19.9. The molecule has 3 aromatic rings. The Morgan fingerprint density at radius 2 is 1.42 bits per heavy atom. The standard InChI is InChI=1S/C24H26ClN7S/c25-19-9-11-20(12-10-19)33-21-8-2-1-7-18(21)17-26-30-22-27-23(31-13-3-4-14-31)29-24(28-22)32-15-5-6-16-32/h1-2,7-12,17H,3-6,13-16H2,(H,27,28,29,30)/b26-17+. The van der Waals surface area contributed by atoms with Gasteiger partial charge in [-0.05, 0) is 56.0 Å². The van der Waals surface area contributed by atoms with Crippen LogP contribution in [0.15, 0.2) is 63.4 Å². The molecule has 170 valence electrons. The number of benzene rings is 2. The highest BCUT2D eigenvalue weighted by atomic mass is 35.5. The van der Waals surface area contributed by atoms with Crippen molar-refractivity contribution < 1.29 is 0 Å². The molecule has 33 heavy (non-hydrogen) atoms. The van der Waals surface area contributed by atoms with Crippen LogP contribution in [0.1, 0.15) is 31.2 Å². The third-order valence-corrected chi connectivity index (χ3v) is 7.07. The van der Waals surface area contributed by atoms with Gasteiger partial charge in [0.05, 0.1) is 6.21 Å². The van der Waals surface area contributed by atoms with Gasteiger partial charge in [0.15, 0.2) is 0 Å². The molecule has 0 atom stereocenters. The van der Waals surface area contributed by atoms with Gasteiger partial charge in [-0.1, -0.05) is 41.6 Å². The van der Waals surface area contributed by atoms with Crippen molar-refractivity contribution in [3.8, 4) is 0 Å². The largest absolute Gasteiger partial charge is 0.341 e. The summed E-state index contributed by atoms with van der Waals surface area (Å²) >= 11 is 7.69. The molecule has 2 saturated heterocycles. The maximum Gasteiger partial charge on any atom is 0.250 e. The van der Waals surface area contributed by atoms with Gasteiger partial charge >= 0.3 is 0 Å². The maximum absolute atomic E-state index is 6.02. The Balaban J connectivity index is 1.34. The van der Waals surface area contributed by atoms with E-state index in [9.17, 15) is 0 Å². The van der Waals surface area contributed by atoms with Crippen molar-refractivity contribution in [2.45, 2.75) is 35.5 Å². The van der Waals surface area contributed by atoms with E-state index in [1.165, 1.54) is 25.7 Å². The van der Waals surface area contributed by atoms with Crippen molar-refractivity contribution in [1.29, 1.82) is 0 Å². The molecule has 2 aliphatic rings. The fourth-order valence-corrected chi connectivity index (χ4v) is 5.03. The zero-order chi connectivity index (χ0) is 22.5. The molecule has 1 N–H and O–H groups in total. The van der Waals surface area contributed by atoms with Crippen LogP contribution in [0.4, 0.5) is 17.8 Å². The summed E-state index contributed by atoms with van der Waals surface area (Å²) in [5.74, 6) is 1.95. The second kappa shape index (κ2) is 10.4. The second-order valence-corrected chi connectivity index (χ2v) is 9.66. The molecule has 1 aromatic heterocycles. The van der Waals surface area contributed by atoms with Crippen LogP contribution in [0, 0.1) is 0 Å². The predicted molar refractivity (Wildman–Crippen MR) is 136 cm³/mol. The molecule has 0 aliphatic carbocycles. The first kappa shape index (κ1) is 22.0. The Kier molecular flexibility index (Phi) is 6.92. The third-order valence-electron chi connectivity index (χ3n) is 5.72. The number of nitrogens with one attached hydrogen (secondary N) is 1. The van der Waals surface area contributed by atoms with E-state index in [2.05, 4.69) is 36.4 Å². The van der Waals surface area contributed by atoms with Gasteiger partial charge in [-0.25, -0.2) is 5.43 Å². The van der Waals surface area contributed by atoms with E-state index < -0.39 is 0 Å². The minimum atomic E-state index is 0.480. The number of hydrogen-bond donors (Lipinski definition) is 1. The lowest BCUT2D eigenvalue weighted by Gasteiger charge is -2.20. The minimum Gasteiger partial charge on any atom is -0.341 e. The van der Waals surface area contributed by atoms with Crippen molar-refractivity contribution in [2.24, 2.45) is 5.10 Å². The van der Waals surface area contributed by atoms with Gasteiger partial charge in [-0.2, -0.15) is 20.1 Å². The number of rotatable bonds is 7. The van der Waals surface area contributed by atoms with Gasteiger partial charge < -0.3 is 9.80 Å². The lowest BCUT2D eigenvalue weighted by molar-refractivity contribution is 0.838. The fraction of sp³-hybridized carbons (Fsp3) is 0.333. The molecule has 0 unspecified atom stereocenters. The van der Waals surface area contributed by atoms with Crippen LogP contribution in [0.2, 0.25) is 5.02 Å². The predicted octanol–water partition coefficient (Wildman–Crippen LogP) is 5.32. The lowest BCUT2D eigenvalue weighted by atomic mass is 10.2. The number of hydrazone groups is 1. The highest BCUT2D eigenvalue weighted by Gasteiger charge is 2.21. The summed E-state index contributed by atoms with van der Waals surface area (Å²) in [6, 6.07) is 16.0. The van der Waals surface area contributed by atoms with E-state index >= 15 is 0 Å². The summed E-state index contributed by atoms with van der Waals surface area (Å²) in [5.41, 5.74) is 4.06. The number of halogens is 1. The van der Waals surface area contributed by atoms with Crippen LogP contribution in [0.25, 0.3) is 0 Å². The number of anilines is 3. The molecule has 5 rings (SSSR count). The Hall–Kier alpha value is -2.84. The molecular formula is C24H26ClN7S. The van der Waals surface area contributed by atoms with Crippen LogP contribution in [0.5, 0.6) is 0 Å². The summed E-state index contributed by atoms with van der Waals surface area (Å²) < 4.78 is 0. The normalized spacial score (nSPS) is 16.2. The summed E-state index contributed by atoms with van der Waals surface area (Å²) in [5, 5.41) is 5.20. The first-order valence-corrected chi connectivity index (χ1v) is 12.5. The third kappa shape index (κ3) is 5.57. The Morgan fingerprint density at radius 1 is 0.818 bits per heavy atom. The van der Waals surface area contributed by atoms with Gasteiger partial charge in [-0.3, -0.25) is 0 Å². The SMILES string of the molecule is Clc1ccc(Sc2ccccc2/C=N/Nc2nc(N3CCCC3)nc(N3CCCC3)n2)cc1. The molecule has 0 spiro atoms. The Morgan fingerprint density at radius 3 is 2.06 bits per heavy atom. The van der Waals surface area contributed by atoms with E-state index in [-0.39, 0.29) is 0 Å². The maximum atomic E-state index is 6.02. The molecular weight excluding hydrogens is 454 g/mol. The Bertz CT molecular complexity index is 1080. The topological polar surface area (TPSA) is 69.5 Å². The van der Waals surface area contributed by atoms with E-state index in [0.29, 0.717) is 5.95 Å². The van der Waals surface area contributed by atoms with Crippen molar-refractivity contribution in [3.63, 3.8) is 0 Å². The first-order valence-electron chi connectivity index (χ1n) is 11.3. The molecule has 9 heteroatoms. The number of nitrogens with zero attached hydrogens (tertiary/aromatic N) is 6. The van der Waals surface area contributed by atoms with Gasteiger partial charge in [0.1, 0.15) is 0 Å². The van der Waals surface area contributed by atoms with E-state index in [0.717, 1.165) is 58.5 Å². The van der Waals surface area contributed by atoms with Gasteiger partial charge in [0.2, 0.25) is 17.8 Å². The van der Waals surface area contributed by atoms with Crippen LogP contribution in [-0.2, 0) is 0 Å². The molecule has 0 radical (unpaired) electrons. The summed E-state index contributed by atoms with van der Waals surface area (Å²) in [6.45, 7) is 3.95. The molecule has 0 bridgehead atoms. The number of aromatic nitrogens is 3. The van der Waals surface area contributed by atoms with Crippen molar-refractivity contribution >= 4 is 47.4 Å². The zero-order valence-electron chi connectivity index (χ0n) is 18.3. The average molecular weight is 480 g/mol. The van der Waals surface area contributed by atoms with Gasteiger partial charge in [0.25, 0.3) is 0 Å². The van der Waals surface area contributed by atoms with Crippen LogP contribution in [-0.4, -0.2) is 47.3 Å². The molecule has 0 saturated carbocycles. The molecule has 2 fully saturated rings. The van der Waals surface area contributed by atoms with E-state index in [1.807, 2.05) is 48.7 Å². The van der Waals surface area contributed by atoms with Crippen molar-refractivity contribution in [1.82, 2.24) is 15.0 Å². The van der Waals surface area contributed by atoms with Crippen molar-refractivity contribution in [3.05, 3.63) is 59.1 Å². The summed E-state index contributed by atoms with van der Waals surface area (Å²) in [7, 11) is 0. The Labute approximate surface area is 203 Å². The monoisotopic (exact) mass is 479 g/mol. The van der Waals surface area contributed by atoms with Crippen LogP contribution >= 0.6 is 23.4 Å². The molecule has 0 amide bonds. The number of hydrogen-bond acceptors (Lipinski definition) is 8. The van der Waals surface area contributed by atoms with E-state index in [1.54, 1.807) is 11.8 Å².